The summed E-state index contributed by atoms with van der Waals surface area (Å²) in [7, 11) is 1.63. The number of ether oxygens (including phenoxy) is 1. The molecular formula is C11H15N3OS. The predicted molar refractivity (Wildman–Crippen MR) is 70.0 cm³/mol. The lowest BCUT2D eigenvalue weighted by molar-refractivity contribution is 0.415. The number of rotatable bonds is 4. The van der Waals surface area contributed by atoms with Gasteiger partial charge in [0.2, 0.25) is 0 Å². The molecule has 1 aromatic rings. The molecule has 0 saturated carbocycles. The van der Waals surface area contributed by atoms with E-state index >= 15 is 0 Å². The third kappa shape index (κ3) is 4.27. The van der Waals surface area contributed by atoms with Gasteiger partial charge in [0.1, 0.15) is 5.75 Å². The molecule has 1 rings (SSSR count). The SMILES string of the molecule is CCNC(=S)NN=Cc1cccc(OC)c1. The molecule has 0 aliphatic carbocycles. The van der Waals surface area contributed by atoms with Crippen molar-refractivity contribution in [2.75, 3.05) is 13.7 Å². The Hall–Kier alpha value is -1.62. The quantitative estimate of drug-likeness (QED) is 0.473. The van der Waals surface area contributed by atoms with Crippen LogP contribution < -0.4 is 15.5 Å². The Kier molecular flexibility index (Phi) is 5.28. The molecule has 86 valence electrons. The topological polar surface area (TPSA) is 45.7 Å². The molecule has 0 aliphatic rings. The minimum atomic E-state index is 0.515. The van der Waals surface area contributed by atoms with Crippen molar-refractivity contribution in [3.8, 4) is 5.75 Å². The van der Waals surface area contributed by atoms with E-state index in [9.17, 15) is 0 Å². The minimum Gasteiger partial charge on any atom is -0.497 e. The molecule has 16 heavy (non-hydrogen) atoms. The van der Waals surface area contributed by atoms with Crippen LogP contribution in [0.3, 0.4) is 0 Å². The lowest BCUT2D eigenvalue weighted by Crippen LogP contribution is -2.31. The average Bonchev–Trinajstić information content (AvgIpc) is 2.30. The number of hydrazone groups is 1. The molecule has 0 amide bonds. The molecule has 2 N–H and O–H groups in total. The zero-order chi connectivity index (χ0) is 11.8. The van der Waals surface area contributed by atoms with Crippen molar-refractivity contribution in [2.24, 2.45) is 5.10 Å². The molecule has 0 heterocycles. The van der Waals surface area contributed by atoms with Crippen LogP contribution in [0.1, 0.15) is 12.5 Å². The summed E-state index contributed by atoms with van der Waals surface area (Å²) in [5.74, 6) is 0.804. The van der Waals surface area contributed by atoms with Gasteiger partial charge in [0.15, 0.2) is 5.11 Å². The summed E-state index contributed by atoms with van der Waals surface area (Å²) in [6.07, 6.45) is 1.69. The highest BCUT2D eigenvalue weighted by Crippen LogP contribution is 2.10. The van der Waals surface area contributed by atoms with E-state index in [-0.39, 0.29) is 0 Å². The Morgan fingerprint density at radius 3 is 3.06 bits per heavy atom. The minimum absolute atomic E-state index is 0.515. The van der Waals surface area contributed by atoms with Crippen molar-refractivity contribution in [1.82, 2.24) is 10.7 Å². The smallest absolute Gasteiger partial charge is 0.186 e. The molecule has 0 spiro atoms. The van der Waals surface area contributed by atoms with Crippen LogP contribution in [0.25, 0.3) is 0 Å². The predicted octanol–water partition coefficient (Wildman–Crippen LogP) is 1.51. The fraction of sp³-hybridized carbons (Fsp3) is 0.273. The van der Waals surface area contributed by atoms with Gasteiger partial charge in [-0.15, -0.1) is 0 Å². The number of thiocarbonyl (C=S) groups is 1. The van der Waals surface area contributed by atoms with Crippen molar-refractivity contribution in [2.45, 2.75) is 6.92 Å². The second kappa shape index (κ2) is 6.79. The van der Waals surface area contributed by atoms with Gasteiger partial charge in [0.05, 0.1) is 13.3 Å². The fourth-order valence-corrected chi connectivity index (χ4v) is 1.28. The van der Waals surface area contributed by atoms with Gasteiger partial charge in [-0.2, -0.15) is 5.10 Å². The number of nitrogens with zero attached hydrogens (tertiary/aromatic N) is 1. The summed E-state index contributed by atoms with van der Waals surface area (Å²) in [4.78, 5) is 0. The van der Waals surface area contributed by atoms with E-state index < -0.39 is 0 Å². The number of methoxy groups -OCH3 is 1. The molecule has 4 nitrogen and oxygen atoms in total. The highest BCUT2D eigenvalue weighted by atomic mass is 32.1. The second-order valence-corrected chi connectivity index (χ2v) is 3.41. The number of nitrogens with one attached hydrogen (secondary N) is 2. The first-order chi connectivity index (χ1) is 7.76. The molecule has 0 aliphatic heterocycles. The van der Waals surface area contributed by atoms with Gasteiger partial charge in [-0.1, -0.05) is 12.1 Å². The maximum atomic E-state index is 5.10. The van der Waals surface area contributed by atoms with Crippen molar-refractivity contribution in [3.63, 3.8) is 0 Å². The molecule has 0 saturated heterocycles. The molecule has 0 atom stereocenters. The molecule has 0 unspecified atom stereocenters. The highest BCUT2D eigenvalue weighted by molar-refractivity contribution is 7.80. The Morgan fingerprint density at radius 1 is 1.56 bits per heavy atom. The average molecular weight is 237 g/mol. The summed E-state index contributed by atoms with van der Waals surface area (Å²) in [6, 6.07) is 7.61. The van der Waals surface area contributed by atoms with Crippen molar-refractivity contribution in [3.05, 3.63) is 29.8 Å². The van der Waals surface area contributed by atoms with Crippen molar-refractivity contribution in [1.29, 1.82) is 0 Å². The molecule has 0 bridgehead atoms. The van der Waals surface area contributed by atoms with Crippen LogP contribution in [-0.4, -0.2) is 25.0 Å². The van der Waals surface area contributed by atoms with Gasteiger partial charge in [-0.05, 0) is 36.8 Å². The van der Waals surface area contributed by atoms with E-state index in [1.165, 1.54) is 0 Å². The standard InChI is InChI=1S/C11H15N3OS/c1-3-12-11(16)14-13-8-9-5-4-6-10(7-9)15-2/h4-8H,3H2,1-2H3,(H2,12,14,16). The molecule has 0 aromatic heterocycles. The summed E-state index contributed by atoms with van der Waals surface area (Å²) in [5, 5.41) is 7.45. The van der Waals surface area contributed by atoms with Crippen molar-refractivity contribution >= 4 is 23.5 Å². The maximum Gasteiger partial charge on any atom is 0.186 e. The van der Waals surface area contributed by atoms with Crippen molar-refractivity contribution < 1.29 is 4.74 Å². The van der Waals surface area contributed by atoms with Crippen LogP contribution in [-0.2, 0) is 0 Å². The van der Waals surface area contributed by atoms with E-state index in [1.54, 1.807) is 13.3 Å². The van der Waals surface area contributed by atoms with Gasteiger partial charge in [0, 0.05) is 6.54 Å². The van der Waals surface area contributed by atoms with E-state index in [1.807, 2.05) is 31.2 Å². The molecule has 1 aromatic carbocycles. The number of hydrogen-bond donors (Lipinski definition) is 2. The lowest BCUT2D eigenvalue weighted by Gasteiger charge is -2.03. The number of hydrogen-bond acceptors (Lipinski definition) is 3. The van der Waals surface area contributed by atoms with E-state index in [0.29, 0.717) is 5.11 Å². The van der Waals surface area contributed by atoms with E-state index in [2.05, 4.69) is 15.8 Å². The zero-order valence-corrected chi connectivity index (χ0v) is 10.2. The van der Waals surface area contributed by atoms with Crippen LogP contribution in [0.15, 0.2) is 29.4 Å². The van der Waals surface area contributed by atoms with Crippen LogP contribution >= 0.6 is 12.2 Å². The maximum absolute atomic E-state index is 5.10. The third-order valence-electron chi connectivity index (χ3n) is 1.81. The van der Waals surface area contributed by atoms with Gasteiger partial charge in [0.25, 0.3) is 0 Å². The summed E-state index contributed by atoms with van der Waals surface area (Å²) in [6.45, 7) is 2.75. The first kappa shape index (κ1) is 12.4. The van der Waals surface area contributed by atoms with E-state index in [0.717, 1.165) is 17.9 Å². The summed E-state index contributed by atoms with van der Waals surface area (Å²) < 4.78 is 5.10. The first-order valence-corrected chi connectivity index (χ1v) is 5.38. The van der Waals surface area contributed by atoms with Gasteiger partial charge < -0.3 is 10.1 Å². The largest absolute Gasteiger partial charge is 0.497 e. The second-order valence-electron chi connectivity index (χ2n) is 3.01. The Bertz CT molecular complexity index is 379. The Labute approximate surface area is 101 Å². The highest BCUT2D eigenvalue weighted by Gasteiger charge is 1.92. The van der Waals surface area contributed by atoms with Crippen LogP contribution in [0.5, 0.6) is 5.75 Å². The summed E-state index contributed by atoms with van der Waals surface area (Å²) >= 11 is 4.96. The molecule has 0 fully saturated rings. The van der Waals surface area contributed by atoms with Crippen LogP contribution in [0.4, 0.5) is 0 Å². The Balaban J connectivity index is 2.52. The number of benzene rings is 1. The monoisotopic (exact) mass is 237 g/mol. The summed E-state index contributed by atoms with van der Waals surface area (Å²) in [5.41, 5.74) is 3.67. The zero-order valence-electron chi connectivity index (χ0n) is 9.36. The van der Waals surface area contributed by atoms with Gasteiger partial charge >= 0.3 is 0 Å². The molecule has 5 heteroatoms. The van der Waals surface area contributed by atoms with E-state index in [4.69, 9.17) is 17.0 Å². The van der Waals surface area contributed by atoms with Gasteiger partial charge in [-0.3, -0.25) is 5.43 Å². The van der Waals surface area contributed by atoms with Gasteiger partial charge in [-0.25, -0.2) is 0 Å². The van der Waals surface area contributed by atoms with Crippen LogP contribution in [0.2, 0.25) is 0 Å². The normalized spacial score (nSPS) is 10.1. The molecular weight excluding hydrogens is 222 g/mol. The van der Waals surface area contributed by atoms with Crippen LogP contribution in [0, 0.1) is 0 Å². The third-order valence-corrected chi connectivity index (χ3v) is 2.05. The molecule has 0 radical (unpaired) electrons. The Morgan fingerprint density at radius 2 is 2.38 bits per heavy atom. The lowest BCUT2D eigenvalue weighted by atomic mass is 10.2. The first-order valence-electron chi connectivity index (χ1n) is 4.97. The fourth-order valence-electron chi connectivity index (χ4n) is 1.09.